The molecule has 150 valence electrons. The lowest BCUT2D eigenvalue weighted by atomic mass is 10.1. The monoisotopic (exact) mass is 426 g/mol. The smallest absolute Gasteiger partial charge is 0.303 e. The Hall–Kier alpha value is -2.27. The van der Waals surface area contributed by atoms with E-state index in [2.05, 4.69) is 4.99 Å². The lowest BCUT2D eigenvalue weighted by molar-refractivity contribution is -0.138. The van der Waals surface area contributed by atoms with Crippen LogP contribution in [-0.4, -0.2) is 65.1 Å². The van der Waals surface area contributed by atoms with Crippen molar-refractivity contribution in [1.82, 2.24) is 4.90 Å². The number of carbonyl (C=O) groups excluding carboxylic acids is 1. The van der Waals surface area contributed by atoms with Gasteiger partial charge in [-0.05, 0) is 17.7 Å². The maximum atomic E-state index is 12.1. The van der Waals surface area contributed by atoms with Crippen molar-refractivity contribution < 1.29 is 32.6 Å². The zero-order valence-electron chi connectivity index (χ0n) is 14.7. The first-order chi connectivity index (χ1) is 13.3. The number of carboxylic acids is 1. The van der Waals surface area contributed by atoms with E-state index in [0.29, 0.717) is 23.2 Å². The van der Waals surface area contributed by atoms with Gasteiger partial charge in [0.2, 0.25) is 12.7 Å². The Kier molecular flexibility index (Phi) is 4.96. The molecule has 4 rings (SSSR count). The molecule has 0 saturated carbocycles. The summed E-state index contributed by atoms with van der Waals surface area (Å²) < 4.78 is 34.8. The standard InChI is InChI=1S/C17H18N2O7S2/c20-15(3-4-16(21)22)18-17-19(11-7-28(23,24)8-14(11)27-17)6-10-1-2-12-13(5-10)26-9-25-12/h1-2,5,11,14H,3-4,6-9H2,(H,21,22)/t11-,14+/m1/s1. The van der Waals surface area contributed by atoms with Gasteiger partial charge in [-0.25, -0.2) is 8.42 Å². The van der Waals surface area contributed by atoms with Crippen molar-refractivity contribution in [3.05, 3.63) is 23.8 Å². The Bertz CT molecular complexity index is 960. The topological polar surface area (TPSA) is 123 Å². The van der Waals surface area contributed by atoms with Crippen molar-refractivity contribution in [3.63, 3.8) is 0 Å². The third-order valence-electron chi connectivity index (χ3n) is 4.74. The average molecular weight is 426 g/mol. The van der Waals surface area contributed by atoms with Gasteiger partial charge < -0.3 is 19.5 Å². The molecule has 1 amide bonds. The van der Waals surface area contributed by atoms with E-state index in [0.717, 1.165) is 5.56 Å². The first kappa shape index (κ1) is 19.1. The van der Waals surface area contributed by atoms with Crippen molar-refractivity contribution in [3.8, 4) is 11.5 Å². The van der Waals surface area contributed by atoms with Crippen LogP contribution in [0.1, 0.15) is 18.4 Å². The summed E-state index contributed by atoms with van der Waals surface area (Å²) in [5.74, 6) is -0.259. The van der Waals surface area contributed by atoms with Gasteiger partial charge in [0.15, 0.2) is 26.5 Å². The van der Waals surface area contributed by atoms with Gasteiger partial charge in [-0.3, -0.25) is 9.59 Å². The van der Waals surface area contributed by atoms with E-state index in [9.17, 15) is 18.0 Å². The number of hydrogen-bond acceptors (Lipinski definition) is 7. The number of ether oxygens (including phenoxy) is 2. The van der Waals surface area contributed by atoms with Gasteiger partial charge in [-0.2, -0.15) is 4.99 Å². The summed E-state index contributed by atoms with van der Waals surface area (Å²) in [7, 11) is -3.14. The fourth-order valence-corrected chi connectivity index (χ4v) is 7.40. The summed E-state index contributed by atoms with van der Waals surface area (Å²) in [6.45, 7) is 0.525. The molecule has 1 aromatic carbocycles. The first-order valence-corrected chi connectivity index (χ1v) is 11.4. The SMILES string of the molecule is O=C(O)CCC(=O)N=C1S[C@H]2CS(=O)(=O)C[C@H]2N1Cc1ccc2c(c1)OCO2. The maximum absolute atomic E-state index is 12.1. The molecule has 3 aliphatic rings. The molecule has 3 heterocycles. The van der Waals surface area contributed by atoms with Crippen LogP contribution in [0.3, 0.4) is 0 Å². The van der Waals surface area contributed by atoms with Gasteiger partial charge in [-0.15, -0.1) is 0 Å². The zero-order chi connectivity index (χ0) is 19.9. The molecule has 0 unspecified atom stereocenters. The summed E-state index contributed by atoms with van der Waals surface area (Å²) in [5.41, 5.74) is 0.875. The van der Waals surface area contributed by atoms with Crippen LogP contribution in [0.2, 0.25) is 0 Å². The molecule has 3 aliphatic heterocycles. The van der Waals surface area contributed by atoms with Crippen molar-refractivity contribution in [1.29, 1.82) is 0 Å². The number of fused-ring (bicyclic) bond motifs is 2. The van der Waals surface area contributed by atoms with Gasteiger partial charge in [0.05, 0.1) is 24.0 Å². The third kappa shape index (κ3) is 3.95. The molecule has 9 nitrogen and oxygen atoms in total. The van der Waals surface area contributed by atoms with E-state index in [1.807, 2.05) is 17.0 Å². The molecule has 0 aliphatic carbocycles. The lowest BCUT2D eigenvalue weighted by Gasteiger charge is -2.24. The summed E-state index contributed by atoms with van der Waals surface area (Å²) in [6.07, 6.45) is -0.478. The minimum absolute atomic E-state index is 0.0115. The first-order valence-electron chi connectivity index (χ1n) is 8.66. The van der Waals surface area contributed by atoms with E-state index in [-0.39, 0.29) is 42.4 Å². The molecule has 2 fully saturated rings. The number of thioether (sulfide) groups is 1. The molecule has 2 atom stereocenters. The number of aliphatic imine (C=N–C) groups is 1. The van der Waals surface area contributed by atoms with E-state index in [4.69, 9.17) is 14.6 Å². The van der Waals surface area contributed by atoms with Crippen molar-refractivity contribution in [2.75, 3.05) is 18.3 Å². The van der Waals surface area contributed by atoms with Gasteiger partial charge in [-0.1, -0.05) is 17.8 Å². The minimum atomic E-state index is -3.14. The number of rotatable bonds is 5. The highest BCUT2D eigenvalue weighted by Gasteiger charge is 2.48. The molecule has 11 heteroatoms. The maximum Gasteiger partial charge on any atom is 0.303 e. The Balaban J connectivity index is 1.57. The highest BCUT2D eigenvalue weighted by molar-refractivity contribution is 8.15. The molecule has 0 aromatic heterocycles. The van der Waals surface area contributed by atoms with Crippen LogP contribution in [-0.2, 0) is 26.0 Å². The minimum Gasteiger partial charge on any atom is -0.481 e. The number of sulfone groups is 1. The van der Waals surface area contributed by atoms with Crippen LogP contribution in [0.5, 0.6) is 11.5 Å². The molecule has 1 N–H and O–H groups in total. The van der Waals surface area contributed by atoms with Gasteiger partial charge >= 0.3 is 5.97 Å². The highest BCUT2D eigenvalue weighted by atomic mass is 32.2. The zero-order valence-corrected chi connectivity index (χ0v) is 16.4. The molecule has 0 spiro atoms. The number of aliphatic carboxylic acids is 1. The number of amidine groups is 1. The lowest BCUT2D eigenvalue weighted by Crippen LogP contribution is -2.37. The molecular formula is C17H18N2O7S2. The average Bonchev–Trinajstić information content (AvgIpc) is 3.27. The summed E-state index contributed by atoms with van der Waals surface area (Å²) >= 11 is 1.27. The number of carboxylic acid groups (broad SMARTS) is 1. The van der Waals surface area contributed by atoms with Crippen molar-refractivity contribution in [2.45, 2.75) is 30.7 Å². The Morgan fingerprint density at radius 2 is 2.00 bits per heavy atom. The largest absolute Gasteiger partial charge is 0.481 e. The molecule has 28 heavy (non-hydrogen) atoms. The van der Waals surface area contributed by atoms with E-state index >= 15 is 0 Å². The predicted octanol–water partition coefficient (Wildman–Crippen LogP) is 0.877. The summed E-state index contributed by atoms with van der Waals surface area (Å²) in [5, 5.41) is 8.98. The molecular weight excluding hydrogens is 408 g/mol. The fourth-order valence-electron chi connectivity index (χ4n) is 3.43. The van der Waals surface area contributed by atoms with Crippen LogP contribution < -0.4 is 9.47 Å². The van der Waals surface area contributed by atoms with Crippen LogP contribution in [0, 0.1) is 0 Å². The predicted molar refractivity (Wildman–Crippen MR) is 101 cm³/mol. The molecule has 2 saturated heterocycles. The second kappa shape index (κ2) is 7.28. The Labute approximate surface area is 165 Å². The number of amides is 1. The normalized spacial score (nSPS) is 25.9. The number of benzene rings is 1. The van der Waals surface area contributed by atoms with Crippen LogP contribution in [0.15, 0.2) is 23.2 Å². The van der Waals surface area contributed by atoms with Gasteiger partial charge in [0.1, 0.15) is 0 Å². The second-order valence-corrected chi connectivity index (χ2v) is 10.2. The van der Waals surface area contributed by atoms with Crippen molar-refractivity contribution in [2.24, 2.45) is 4.99 Å². The van der Waals surface area contributed by atoms with E-state index in [1.54, 1.807) is 6.07 Å². The fraction of sp³-hybridized carbons (Fsp3) is 0.471. The Morgan fingerprint density at radius 1 is 1.21 bits per heavy atom. The Morgan fingerprint density at radius 3 is 2.79 bits per heavy atom. The highest BCUT2D eigenvalue weighted by Crippen LogP contribution is 2.40. The molecule has 1 aromatic rings. The molecule has 0 bridgehead atoms. The van der Waals surface area contributed by atoms with Gasteiger partial charge in [0, 0.05) is 18.2 Å². The second-order valence-electron chi connectivity index (χ2n) is 6.80. The quantitative estimate of drug-likeness (QED) is 0.731. The van der Waals surface area contributed by atoms with Gasteiger partial charge in [0.25, 0.3) is 0 Å². The van der Waals surface area contributed by atoms with Crippen LogP contribution in [0.4, 0.5) is 0 Å². The molecule has 0 radical (unpaired) electrons. The van der Waals surface area contributed by atoms with Crippen LogP contribution >= 0.6 is 11.8 Å². The summed E-state index contributed by atoms with van der Waals surface area (Å²) in [4.78, 5) is 28.6. The van der Waals surface area contributed by atoms with E-state index < -0.39 is 21.7 Å². The third-order valence-corrected chi connectivity index (χ3v) is 7.99. The van der Waals surface area contributed by atoms with Crippen molar-refractivity contribution >= 4 is 38.6 Å². The number of carbonyl (C=O) groups is 2. The van der Waals surface area contributed by atoms with Crippen LogP contribution in [0.25, 0.3) is 0 Å². The number of nitrogens with zero attached hydrogens (tertiary/aromatic N) is 2. The number of hydrogen-bond donors (Lipinski definition) is 1. The summed E-state index contributed by atoms with van der Waals surface area (Å²) in [6, 6.07) is 5.21. The van der Waals surface area contributed by atoms with E-state index in [1.165, 1.54) is 11.8 Å².